The first-order chi connectivity index (χ1) is 8.19. The van der Waals surface area contributed by atoms with E-state index in [-0.39, 0.29) is 0 Å². The molecule has 1 aromatic rings. The summed E-state index contributed by atoms with van der Waals surface area (Å²) in [4.78, 5) is 0. The summed E-state index contributed by atoms with van der Waals surface area (Å²) in [6, 6.07) is 0.968. The lowest BCUT2D eigenvalue weighted by molar-refractivity contribution is -0.0359. The number of aromatic nitrogens is 2. The van der Waals surface area contributed by atoms with Crippen LogP contribution in [0, 0.1) is 0 Å². The molecule has 2 N–H and O–H groups in total. The molecule has 0 radical (unpaired) electrons. The van der Waals surface area contributed by atoms with Crippen molar-refractivity contribution < 1.29 is 5.11 Å². The first kappa shape index (κ1) is 11.2. The maximum atomic E-state index is 10.9. The van der Waals surface area contributed by atoms with Gasteiger partial charge in [-0.2, -0.15) is 5.10 Å². The zero-order chi connectivity index (χ0) is 11.9. The van der Waals surface area contributed by atoms with Crippen molar-refractivity contribution in [2.24, 2.45) is 0 Å². The highest BCUT2D eigenvalue weighted by Gasteiger charge is 2.42. The van der Waals surface area contributed by atoms with E-state index >= 15 is 0 Å². The molecule has 0 aromatic carbocycles. The average molecular weight is 235 g/mol. The number of aliphatic hydroxyl groups is 1. The molecule has 4 heteroatoms. The molecule has 1 aromatic heterocycles. The van der Waals surface area contributed by atoms with Gasteiger partial charge in [-0.1, -0.05) is 6.42 Å². The largest absolute Gasteiger partial charge is 0.385 e. The van der Waals surface area contributed by atoms with E-state index in [1.54, 1.807) is 0 Å². The van der Waals surface area contributed by atoms with E-state index in [4.69, 9.17) is 0 Å². The SMILES string of the molecule is CCn1cc(C2(O)CC3CCCC(C2)N3)cn1. The van der Waals surface area contributed by atoms with Crippen LogP contribution in [0.3, 0.4) is 0 Å². The summed E-state index contributed by atoms with van der Waals surface area (Å²) in [6.07, 6.45) is 9.19. The van der Waals surface area contributed by atoms with Crippen molar-refractivity contribution >= 4 is 0 Å². The van der Waals surface area contributed by atoms with Crippen molar-refractivity contribution in [1.29, 1.82) is 0 Å². The van der Waals surface area contributed by atoms with Gasteiger partial charge in [-0.25, -0.2) is 0 Å². The normalized spacial score (nSPS) is 37.1. The summed E-state index contributed by atoms with van der Waals surface area (Å²) < 4.78 is 1.89. The van der Waals surface area contributed by atoms with Crippen LogP contribution in [0.1, 0.15) is 44.6 Å². The molecule has 2 aliphatic rings. The van der Waals surface area contributed by atoms with Gasteiger partial charge in [-0.05, 0) is 32.6 Å². The van der Waals surface area contributed by atoms with Gasteiger partial charge in [0.2, 0.25) is 0 Å². The van der Waals surface area contributed by atoms with E-state index in [1.807, 2.05) is 17.1 Å². The third-order valence-electron chi connectivity index (χ3n) is 4.24. The molecule has 0 spiro atoms. The van der Waals surface area contributed by atoms with Gasteiger partial charge in [0.15, 0.2) is 0 Å². The first-order valence-electron chi connectivity index (χ1n) is 6.71. The van der Waals surface area contributed by atoms with Crippen LogP contribution in [0.25, 0.3) is 0 Å². The Morgan fingerprint density at radius 3 is 2.76 bits per heavy atom. The van der Waals surface area contributed by atoms with Crippen LogP contribution >= 0.6 is 0 Å². The number of rotatable bonds is 2. The summed E-state index contributed by atoms with van der Waals surface area (Å²) in [7, 11) is 0. The molecule has 4 nitrogen and oxygen atoms in total. The monoisotopic (exact) mass is 235 g/mol. The topological polar surface area (TPSA) is 50.1 Å². The lowest BCUT2D eigenvalue weighted by atomic mass is 9.75. The van der Waals surface area contributed by atoms with Crippen molar-refractivity contribution in [3.8, 4) is 0 Å². The Labute approximate surface area is 102 Å². The highest BCUT2D eigenvalue weighted by atomic mass is 16.3. The third kappa shape index (κ3) is 2.00. The molecular formula is C13H21N3O. The van der Waals surface area contributed by atoms with Crippen LogP contribution < -0.4 is 5.32 Å². The number of nitrogens with one attached hydrogen (secondary N) is 1. The fraction of sp³-hybridized carbons (Fsp3) is 0.769. The zero-order valence-corrected chi connectivity index (χ0v) is 10.4. The van der Waals surface area contributed by atoms with Crippen LogP contribution in [0.15, 0.2) is 12.4 Å². The van der Waals surface area contributed by atoms with E-state index < -0.39 is 5.60 Å². The van der Waals surface area contributed by atoms with E-state index in [9.17, 15) is 5.11 Å². The molecule has 0 saturated carbocycles. The second-order valence-corrected chi connectivity index (χ2v) is 5.52. The summed E-state index contributed by atoms with van der Waals surface area (Å²) in [5, 5.41) is 18.8. The molecule has 2 saturated heterocycles. The Morgan fingerprint density at radius 1 is 1.47 bits per heavy atom. The Bertz CT molecular complexity index is 389. The Hall–Kier alpha value is -0.870. The number of fused-ring (bicyclic) bond motifs is 2. The highest BCUT2D eigenvalue weighted by Crippen LogP contribution is 2.39. The van der Waals surface area contributed by atoms with Gasteiger partial charge in [0.25, 0.3) is 0 Å². The summed E-state index contributed by atoms with van der Waals surface area (Å²) in [5.41, 5.74) is 0.340. The summed E-state index contributed by atoms with van der Waals surface area (Å²) >= 11 is 0. The summed E-state index contributed by atoms with van der Waals surface area (Å²) in [5.74, 6) is 0. The minimum atomic E-state index is -0.658. The minimum absolute atomic E-state index is 0.484. The molecule has 94 valence electrons. The van der Waals surface area contributed by atoms with Crippen molar-refractivity contribution in [1.82, 2.24) is 15.1 Å². The van der Waals surface area contributed by atoms with Gasteiger partial charge < -0.3 is 10.4 Å². The van der Waals surface area contributed by atoms with Gasteiger partial charge in [-0.15, -0.1) is 0 Å². The van der Waals surface area contributed by atoms with Gasteiger partial charge in [0.05, 0.1) is 11.8 Å². The van der Waals surface area contributed by atoms with Crippen molar-refractivity contribution in [2.45, 2.75) is 63.3 Å². The highest BCUT2D eigenvalue weighted by molar-refractivity contribution is 5.18. The molecule has 0 amide bonds. The molecule has 3 heterocycles. The number of piperidine rings is 2. The molecule has 2 atom stereocenters. The lowest BCUT2D eigenvalue weighted by Gasteiger charge is -2.45. The van der Waals surface area contributed by atoms with E-state index in [2.05, 4.69) is 17.3 Å². The molecule has 2 bridgehead atoms. The fourth-order valence-electron chi connectivity index (χ4n) is 3.34. The smallest absolute Gasteiger partial charge is 0.0956 e. The van der Waals surface area contributed by atoms with Crippen molar-refractivity contribution in [3.63, 3.8) is 0 Å². The number of nitrogens with zero attached hydrogens (tertiary/aromatic N) is 2. The predicted molar refractivity (Wildman–Crippen MR) is 65.6 cm³/mol. The molecule has 17 heavy (non-hydrogen) atoms. The average Bonchev–Trinajstić information content (AvgIpc) is 2.77. The van der Waals surface area contributed by atoms with Crippen molar-refractivity contribution in [3.05, 3.63) is 18.0 Å². The van der Waals surface area contributed by atoms with E-state index in [0.29, 0.717) is 12.1 Å². The predicted octanol–water partition coefficient (Wildman–Crippen LogP) is 1.40. The Balaban J connectivity index is 1.85. The maximum Gasteiger partial charge on any atom is 0.0956 e. The quantitative estimate of drug-likeness (QED) is 0.814. The number of hydrogen-bond acceptors (Lipinski definition) is 3. The van der Waals surface area contributed by atoms with Gasteiger partial charge in [-0.3, -0.25) is 4.68 Å². The summed E-state index contributed by atoms with van der Waals surface area (Å²) in [6.45, 7) is 2.93. The van der Waals surface area contributed by atoms with E-state index in [1.165, 1.54) is 19.3 Å². The Kier molecular flexibility index (Phi) is 2.71. The van der Waals surface area contributed by atoms with Gasteiger partial charge >= 0.3 is 0 Å². The van der Waals surface area contributed by atoms with Crippen LogP contribution in [-0.4, -0.2) is 27.0 Å². The number of hydrogen-bond donors (Lipinski definition) is 2. The molecule has 2 unspecified atom stereocenters. The minimum Gasteiger partial charge on any atom is -0.385 e. The van der Waals surface area contributed by atoms with Crippen LogP contribution in [-0.2, 0) is 12.1 Å². The first-order valence-corrected chi connectivity index (χ1v) is 6.71. The Morgan fingerprint density at radius 2 is 2.18 bits per heavy atom. The zero-order valence-electron chi connectivity index (χ0n) is 10.4. The van der Waals surface area contributed by atoms with Gasteiger partial charge in [0.1, 0.15) is 0 Å². The molecule has 3 rings (SSSR count). The van der Waals surface area contributed by atoms with Crippen LogP contribution in [0.2, 0.25) is 0 Å². The molecule has 2 aliphatic heterocycles. The van der Waals surface area contributed by atoms with Crippen LogP contribution in [0.5, 0.6) is 0 Å². The van der Waals surface area contributed by atoms with Gasteiger partial charge in [0, 0.05) is 30.4 Å². The molecular weight excluding hydrogens is 214 g/mol. The third-order valence-corrected chi connectivity index (χ3v) is 4.24. The fourth-order valence-corrected chi connectivity index (χ4v) is 3.34. The standard InChI is InChI=1S/C13H21N3O/c1-2-16-9-10(8-14-16)13(17)6-11-4-3-5-12(7-13)15-11/h8-9,11-12,15,17H,2-7H2,1H3. The van der Waals surface area contributed by atoms with Crippen molar-refractivity contribution in [2.75, 3.05) is 0 Å². The van der Waals surface area contributed by atoms with Crippen LogP contribution in [0.4, 0.5) is 0 Å². The molecule has 2 fully saturated rings. The van der Waals surface area contributed by atoms with E-state index in [0.717, 1.165) is 24.9 Å². The molecule has 0 aliphatic carbocycles. The second-order valence-electron chi connectivity index (χ2n) is 5.52. The maximum absolute atomic E-state index is 10.9. The lowest BCUT2D eigenvalue weighted by Crippen LogP contribution is -2.54. The number of aryl methyl sites for hydroxylation is 1. The second kappa shape index (κ2) is 4.10.